The smallest absolute Gasteiger partial charge is 0.319 e. The Labute approximate surface area is 141 Å². The van der Waals surface area contributed by atoms with Crippen LogP contribution in [0.5, 0.6) is 0 Å². The van der Waals surface area contributed by atoms with Crippen molar-refractivity contribution in [2.45, 2.75) is 40.2 Å². The second-order valence-corrected chi connectivity index (χ2v) is 6.53. The number of anilines is 1. The predicted molar refractivity (Wildman–Crippen MR) is 92.1 cm³/mol. The zero-order chi connectivity index (χ0) is 18.3. The number of hydrogen-bond donors (Lipinski definition) is 4. The highest BCUT2D eigenvalue weighted by Crippen LogP contribution is 2.19. The van der Waals surface area contributed by atoms with Crippen LogP contribution in [0.15, 0.2) is 24.3 Å². The maximum atomic E-state index is 12.1. The minimum absolute atomic E-state index is 0.00840. The highest BCUT2D eigenvalue weighted by molar-refractivity contribution is 5.96. The van der Waals surface area contributed by atoms with Gasteiger partial charge in [0.2, 0.25) is 0 Å². The van der Waals surface area contributed by atoms with E-state index in [1.807, 2.05) is 13.8 Å². The van der Waals surface area contributed by atoms with Gasteiger partial charge in [-0.1, -0.05) is 6.07 Å². The molecule has 0 aliphatic carbocycles. The van der Waals surface area contributed by atoms with E-state index >= 15 is 0 Å². The van der Waals surface area contributed by atoms with Gasteiger partial charge in [0.1, 0.15) is 0 Å². The minimum Gasteiger partial charge on any atom is -0.481 e. The monoisotopic (exact) mass is 335 g/mol. The molecule has 3 amide bonds. The van der Waals surface area contributed by atoms with E-state index in [9.17, 15) is 14.4 Å². The molecule has 0 aliphatic heterocycles. The largest absolute Gasteiger partial charge is 0.481 e. The van der Waals surface area contributed by atoms with Gasteiger partial charge in [0, 0.05) is 23.8 Å². The van der Waals surface area contributed by atoms with Crippen LogP contribution < -0.4 is 16.0 Å². The number of carbonyl (C=O) groups excluding carboxylic acids is 2. The quantitative estimate of drug-likeness (QED) is 0.614. The lowest BCUT2D eigenvalue weighted by molar-refractivity contribution is -0.147. The SMILES string of the molecule is CC(C)NC(=O)Nc1cccc(C(=O)NCCC(C)(C)C(=O)O)c1. The molecule has 1 aromatic rings. The normalized spacial score (nSPS) is 11.0. The maximum Gasteiger partial charge on any atom is 0.319 e. The van der Waals surface area contributed by atoms with Crippen LogP contribution >= 0.6 is 0 Å². The van der Waals surface area contributed by atoms with Crippen molar-refractivity contribution >= 4 is 23.6 Å². The minimum atomic E-state index is -0.904. The number of carboxylic acid groups (broad SMARTS) is 1. The second-order valence-electron chi connectivity index (χ2n) is 6.53. The molecule has 1 aromatic carbocycles. The van der Waals surface area contributed by atoms with Crippen LogP contribution in [0.25, 0.3) is 0 Å². The van der Waals surface area contributed by atoms with E-state index in [-0.39, 0.29) is 24.5 Å². The first-order valence-corrected chi connectivity index (χ1v) is 7.81. The van der Waals surface area contributed by atoms with Crippen LogP contribution in [-0.4, -0.2) is 35.6 Å². The van der Waals surface area contributed by atoms with Crippen molar-refractivity contribution in [2.75, 3.05) is 11.9 Å². The molecular weight excluding hydrogens is 310 g/mol. The summed E-state index contributed by atoms with van der Waals surface area (Å²) in [5.41, 5.74) is 0.00293. The Morgan fingerprint density at radius 2 is 1.88 bits per heavy atom. The third-order valence-corrected chi connectivity index (χ3v) is 3.42. The van der Waals surface area contributed by atoms with Gasteiger partial charge in [0.25, 0.3) is 5.91 Å². The molecule has 0 atom stereocenters. The van der Waals surface area contributed by atoms with E-state index in [2.05, 4.69) is 16.0 Å². The van der Waals surface area contributed by atoms with Gasteiger partial charge in [-0.05, 0) is 52.3 Å². The summed E-state index contributed by atoms with van der Waals surface area (Å²) >= 11 is 0. The van der Waals surface area contributed by atoms with Crippen LogP contribution in [0.2, 0.25) is 0 Å². The molecule has 0 heterocycles. The zero-order valence-corrected chi connectivity index (χ0v) is 14.5. The fourth-order valence-electron chi connectivity index (χ4n) is 1.87. The fourth-order valence-corrected chi connectivity index (χ4v) is 1.87. The summed E-state index contributed by atoms with van der Waals surface area (Å²) in [4.78, 5) is 34.8. The number of rotatable bonds is 7. The lowest BCUT2D eigenvalue weighted by atomic mass is 9.90. The highest BCUT2D eigenvalue weighted by atomic mass is 16.4. The molecule has 4 N–H and O–H groups in total. The van der Waals surface area contributed by atoms with Gasteiger partial charge in [-0.25, -0.2) is 4.79 Å². The van der Waals surface area contributed by atoms with E-state index in [0.717, 1.165) is 0 Å². The van der Waals surface area contributed by atoms with Crippen molar-refractivity contribution in [1.82, 2.24) is 10.6 Å². The highest BCUT2D eigenvalue weighted by Gasteiger charge is 2.26. The number of urea groups is 1. The molecule has 1 rings (SSSR count). The van der Waals surface area contributed by atoms with Crippen molar-refractivity contribution in [2.24, 2.45) is 5.41 Å². The molecule has 0 bridgehead atoms. The maximum absolute atomic E-state index is 12.1. The second kappa shape index (κ2) is 8.33. The molecule has 132 valence electrons. The molecule has 0 unspecified atom stereocenters. The van der Waals surface area contributed by atoms with Crippen molar-refractivity contribution in [3.63, 3.8) is 0 Å². The van der Waals surface area contributed by atoms with Crippen molar-refractivity contribution < 1.29 is 19.5 Å². The van der Waals surface area contributed by atoms with Crippen LogP contribution in [0, 0.1) is 5.41 Å². The van der Waals surface area contributed by atoms with Gasteiger partial charge in [-0.15, -0.1) is 0 Å². The molecule has 0 spiro atoms. The third kappa shape index (κ3) is 6.28. The van der Waals surface area contributed by atoms with Gasteiger partial charge in [0.15, 0.2) is 0 Å². The standard InChI is InChI=1S/C17H25N3O4/c1-11(2)19-16(24)20-13-7-5-6-12(10-13)14(21)18-9-8-17(3,4)15(22)23/h5-7,10-11H,8-9H2,1-4H3,(H,18,21)(H,22,23)(H2,19,20,24). The molecule has 0 saturated carbocycles. The Morgan fingerprint density at radius 1 is 1.21 bits per heavy atom. The first-order valence-electron chi connectivity index (χ1n) is 7.81. The van der Waals surface area contributed by atoms with Crippen molar-refractivity contribution in [1.29, 1.82) is 0 Å². The number of aliphatic carboxylic acids is 1. The van der Waals surface area contributed by atoms with E-state index in [1.54, 1.807) is 38.1 Å². The van der Waals surface area contributed by atoms with Gasteiger partial charge < -0.3 is 21.1 Å². The summed E-state index contributed by atoms with van der Waals surface area (Å²) in [6.45, 7) is 7.17. The van der Waals surface area contributed by atoms with Crippen LogP contribution in [0.1, 0.15) is 44.5 Å². The Kier molecular flexibility index (Phi) is 6.76. The predicted octanol–water partition coefficient (Wildman–Crippen LogP) is 2.45. The Bertz CT molecular complexity index is 612. The zero-order valence-electron chi connectivity index (χ0n) is 14.5. The first kappa shape index (κ1) is 19.5. The summed E-state index contributed by atoms with van der Waals surface area (Å²) in [5.74, 6) is -1.22. The molecule has 0 aliphatic rings. The Balaban J connectivity index is 2.61. The van der Waals surface area contributed by atoms with Gasteiger partial charge in [0.05, 0.1) is 5.41 Å². The first-order chi connectivity index (χ1) is 11.1. The Morgan fingerprint density at radius 3 is 2.46 bits per heavy atom. The van der Waals surface area contributed by atoms with E-state index in [4.69, 9.17) is 5.11 Å². The molecule has 0 saturated heterocycles. The molecule has 0 radical (unpaired) electrons. The summed E-state index contributed by atoms with van der Waals surface area (Å²) in [5, 5.41) is 17.1. The molecule has 0 fully saturated rings. The number of benzene rings is 1. The molecule has 0 aromatic heterocycles. The lowest BCUT2D eigenvalue weighted by Crippen LogP contribution is -2.34. The topological polar surface area (TPSA) is 108 Å². The number of nitrogens with one attached hydrogen (secondary N) is 3. The third-order valence-electron chi connectivity index (χ3n) is 3.42. The molecule has 7 heteroatoms. The van der Waals surface area contributed by atoms with Crippen LogP contribution in [0.3, 0.4) is 0 Å². The van der Waals surface area contributed by atoms with Crippen molar-refractivity contribution in [3.8, 4) is 0 Å². The Hall–Kier alpha value is -2.57. The summed E-state index contributed by atoms with van der Waals surface area (Å²) in [6.07, 6.45) is 0.322. The number of carbonyl (C=O) groups is 3. The van der Waals surface area contributed by atoms with E-state index in [0.29, 0.717) is 17.7 Å². The average molecular weight is 335 g/mol. The summed E-state index contributed by atoms with van der Waals surface area (Å²) in [7, 11) is 0. The van der Waals surface area contributed by atoms with Crippen LogP contribution in [0.4, 0.5) is 10.5 Å². The summed E-state index contributed by atoms with van der Waals surface area (Å²) < 4.78 is 0. The molecule has 24 heavy (non-hydrogen) atoms. The lowest BCUT2D eigenvalue weighted by Gasteiger charge is -2.19. The van der Waals surface area contributed by atoms with Gasteiger partial charge in [-0.2, -0.15) is 0 Å². The van der Waals surface area contributed by atoms with Gasteiger partial charge >= 0.3 is 12.0 Å². The molecular formula is C17H25N3O4. The summed E-state index contributed by atoms with van der Waals surface area (Å²) in [6, 6.07) is 6.21. The number of hydrogen-bond acceptors (Lipinski definition) is 3. The van der Waals surface area contributed by atoms with Gasteiger partial charge in [-0.3, -0.25) is 9.59 Å². The van der Waals surface area contributed by atoms with Crippen LogP contribution in [-0.2, 0) is 4.79 Å². The van der Waals surface area contributed by atoms with Crippen molar-refractivity contribution in [3.05, 3.63) is 29.8 Å². The molecule has 7 nitrogen and oxygen atoms in total. The number of carboxylic acids is 1. The fraction of sp³-hybridized carbons (Fsp3) is 0.471. The van der Waals surface area contributed by atoms with E-state index in [1.165, 1.54) is 0 Å². The average Bonchev–Trinajstić information content (AvgIpc) is 2.46. The van der Waals surface area contributed by atoms with E-state index < -0.39 is 11.4 Å². The number of amides is 3.